The van der Waals surface area contributed by atoms with Crippen molar-refractivity contribution in [3.8, 4) is 0 Å². The van der Waals surface area contributed by atoms with E-state index in [9.17, 15) is 13.5 Å². The van der Waals surface area contributed by atoms with Gasteiger partial charge in [-0.15, -0.1) is 0 Å². The molecule has 0 radical (unpaired) electrons. The Balaban J connectivity index is 1.66. The lowest BCUT2D eigenvalue weighted by molar-refractivity contribution is -0.215. The molecule has 0 spiro atoms. The fraction of sp³-hybridized carbons (Fsp3) is 0.571. The highest BCUT2D eigenvalue weighted by Crippen LogP contribution is 2.37. The van der Waals surface area contributed by atoms with Crippen molar-refractivity contribution in [2.45, 2.75) is 42.5 Å². The fourth-order valence-corrected chi connectivity index (χ4v) is 4.07. The number of aliphatic hydroxyl groups excluding tert-OH is 1. The Morgan fingerprint density at radius 3 is 2.67 bits per heavy atom. The van der Waals surface area contributed by atoms with Gasteiger partial charge >= 0.3 is 0 Å². The number of rotatable bonds is 4. The molecule has 2 heterocycles. The fourth-order valence-electron chi connectivity index (χ4n) is 2.62. The van der Waals surface area contributed by atoms with Crippen LogP contribution in [0.5, 0.6) is 0 Å². The van der Waals surface area contributed by atoms with Gasteiger partial charge < -0.3 is 19.3 Å². The summed E-state index contributed by atoms with van der Waals surface area (Å²) in [5.74, 6) is -1.09. The maximum Gasteiger partial charge on any atom is 0.184 e. The van der Waals surface area contributed by atoms with Crippen LogP contribution in [0.3, 0.4) is 0 Å². The Morgan fingerprint density at radius 2 is 2.00 bits per heavy atom. The maximum absolute atomic E-state index is 12.3. The first-order chi connectivity index (χ1) is 9.90. The molecule has 0 aromatic heterocycles. The number of hydrogen-bond acceptors (Lipinski definition) is 6. The number of fused-ring (bicyclic) bond motifs is 1. The summed E-state index contributed by atoms with van der Waals surface area (Å²) in [5.41, 5.74) is 0. The average Bonchev–Trinajstić information content (AvgIpc) is 2.97. The Bertz CT molecular complexity index is 601. The molecule has 21 heavy (non-hydrogen) atoms. The summed E-state index contributed by atoms with van der Waals surface area (Å²) in [4.78, 5) is 0.287. The van der Waals surface area contributed by atoms with Crippen molar-refractivity contribution in [3.63, 3.8) is 0 Å². The second-order valence-corrected chi connectivity index (χ2v) is 7.59. The summed E-state index contributed by atoms with van der Waals surface area (Å²) in [7, 11) is -3.38. The first kappa shape index (κ1) is 14.9. The van der Waals surface area contributed by atoms with E-state index in [-0.39, 0.29) is 29.8 Å². The molecule has 7 heteroatoms. The number of ether oxygens (including phenoxy) is 3. The summed E-state index contributed by atoms with van der Waals surface area (Å²) in [6.45, 7) is 1.95. The van der Waals surface area contributed by atoms with Crippen molar-refractivity contribution < 1.29 is 27.7 Å². The van der Waals surface area contributed by atoms with E-state index in [1.165, 1.54) is 0 Å². The molecule has 116 valence electrons. The van der Waals surface area contributed by atoms with Gasteiger partial charge in [-0.2, -0.15) is 0 Å². The van der Waals surface area contributed by atoms with Crippen LogP contribution >= 0.6 is 0 Å². The zero-order chi connectivity index (χ0) is 15.1. The Morgan fingerprint density at radius 1 is 1.29 bits per heavy atom. The molecule has 4 atom stereocenters. The van der Waals surface area contributed by atoms with Crippen LogP contribution in [0, 0.1) is 0 Å². The van der Waals surface area contributed by atoms with Gasteiger partial charge in [-0.25, -0.2) is 8.42 Å². The molecule has 0 saturated carbocycles. The number of aliphatic hydroxyl groups is 1. The van der Waals surface area contributed by atoms with Crippen LogP contribution in [0.25, 0.3) is 0 Å². The van der Waals surface area contributed by atoms with Crippen LogP contribution in [-0.2, 0) is 24.0 Å². The molecule has 2 fully saturated rings. The quantitative estimate of drug-likeness (QED) is 0.881. The van der Waals surface area contributed by atoms with Gasteiger partial charge in [0, 0.05) is 6.42 Å². The third-order valence-electron chi connectivity index (χ3n) is 3.79. The van der Waals surface area contributed by atoms with Crippen LogP contribution in [-0.4, -0.2) is 50.2 Å². The zero-order valence-electron chi connectivity index (χ0n) is 11.6. The molecule has 0 unspecified atom stereocenters. The minimum absolute atomic E-state index is 0.0795. The molecule has 0 amide bonds. The molecule has 2 saturated heterocycles. The summed E-state index contributed by atoms with van der Waals surface area (Å²) in [6.07, 6.45) is -1.70. The molecular weight excluding hydrogens is 296 g/mol. The molecule has 2 aliphatic heterocycles. The van der Waals surface area contributed by atoms with Crippen molar-refractivity contribution >= 4 is 9.84 Å². The van der Waals surface area contributed by atoms with Crippen molar-refractivity contribution in [2.75, 3.05) is 12.4 Å². The highest BCUT2D eigenvalue weighted by molar-refractivity contribution is 7.91. The van der Waals surface area contributed by atoms with E-state index >= 15 is 0 Å². The summed E-state index contributed by atoms with van der Waals surface area (Å²) in [5, 5.41) is 9.59. The van der Waals surface area contributed by atoms with Crippen LogP contribution in [0.1, 0.15) is 13.3 Å². The van der Waals surface area contributed by atoms with E-state index < -0.39 is 28.0 Å². The standard InChI is InChI=1S/C14H18O6S/c1-14(19-11-9-18-13(15)12(11)20-14)7-8-21(16,17)10-5-3-2-4-6-10/h2-6,11-13,15H,7-9H2,1H3/t11-,12-,13-,14-/m1/s1. The second kappa shape index (κ2) is 5.33. The molecule has 0 aliphatic carbocycles. The highest BCUT2D eigenvalue weighted by Gasteiger charge is 2.51. The summed E-state index contributed by atoms with van der Waals surface area (Å²) >= 11 is 0. The lowest BCUT2D eigenvalue weighted by atomic mass is 10.2. The average molecular weight is 314 g/mol. The van der Waals surface area contributed by atoms with Crippen LogP contribution in [0.15, 0.2) is 35.2 Å². The first-order valence-corrected chi connectivity index (χ1v) is 8.48. The van der Waals surface area contributed by atoms with E-state index in [0.717, 1.165) is 0 Å². The van der Waals surface area contributed by atoms with Crippen LogP contribution in [0.2, 0.25) is 0 Å². The number of hydrogen-bond donors (Lipinski definition) is 1. The summed E-state index contributed by atoms with van der Waals surface area (Å²) in [6, 6.07) is 8.29. The Kier molecular flexibility index (Phi) is 3.79. The van der Waals surface area contributed by atoms with Crippen LogP contribution in [0.4, 0.5) is 0 Å². The van der Waals surface area contributed by atoms with Gasteiger partial charge in [-0.05, 0) is 19.1 Å². The largest absolute Gasteiger partial charge is 0.366 e. The van der Waals surface area contributed by atoms with Crippen molar-refractivity contribution in [1.82, 2.24) is 0 Å². The molecule has 2 aliphatic rings. The lowest BCUT2D eigenvalue weighted by Gasteiger charge is -2.24. The van der Waals surface area contributed by atoms with E-state index in [0.29, 0.717) is 0 Å². The van der Waals surface area contributed by atoms with E-state index in [4.69, 9.17) is 14.2 Å². The molecule has 1 aromatic carbocycles. The van der Waals surface area contributed by atoms with E-state index in [1.807, 2.05) is 0 Å². The monoisotopic (exact) mass is 314 g/mol. The smallest absolute Gasteiger partial charge is 0.184 e. The van der Waals surface area contributed by atoms with E-state index in [2.05, 4.69) is 0 Å². The highest BCUT2D eigenvalue weighted by atomic mass is 32.2. The van der Waals surface area contributed by atoms with Crippen molar-refractivity contribution in [2.24, 2.45) is 0 Å². The van der Waals surface area contributed by atoms with Gasteiger partial charge in [0.05, 0.1) is 17.3 Å². The third-order valence-corrected chi connectivity index (χ3v) is 5.52. The molecule has 0 bridgehead atoms. The van der Waals surface area contributed by atoms with Gasteiger partial charge in [0.1, 0.15) is 12.2 Å². The van der Waals surface area contributed by atoms with Gasteiger partial charge in [0.25, 0.3) is 0 Å². The molecule has 3 rings (SSSR count). The number of benzene rings is 1. The van der Waals surface area contributed by atoms with Gasteiger partial charge in [-0.3, -0.25) is 0 Å². The molecule has 6 nitrogen and oxygen atoms in total. The van der Waals surface area contributed by atoms with E-state index in [1.54, 1.807) is 37.3 Å². The molecular formula is C14H18O6S. The minimum atomic E-state index is -3.38. The SMILES string of the molecule is C[C@]1(CCS(=O)(=O)c2ccccc2)O[C@H]2[C@H](O)OC[C@H]2O1. The molecule has 1 aromatic rings. The first-order valence-electron chi connectivity index (χ1n) is 6.83. The second-order valence-electron chi connectivity index (χ2n) is 5.48. The van der Waals surface area contributed by atoms with Crippen molar-refractivity contribution in [3.05, 3.63) is 30.3 Å². The summed E-state index contributed by atoms with van der Waals surface area (Å²) < 4.78 is 40.9. The van der Waals surface area contributed by atoms with Gasteiger partial charge in [-0.1, -0.05) is 18.2 Å². The van der Waals surface area contributed by atoms with Gasteiger partial charge in [0.15, 0.2) is 21.9 Å². The third kappa shape index (κ3) is 2.97. The van der Waals surface area contributed by atoms with Crippen molar-refractivity contribution in [1.29, 1.82) is 0 Å². The molecule has 1 N–H and O–H groups in total. The minimum Gasteiger partial charge on any atom is -0.366 e. The Labute approximate surface area is 123 Å². The Hall–Kier alpha value is -0.990. The topological polar surface area (TPSA) is 82.1 Å². The number of sulfone groups is 1. The predicted octanol–water partition coefficient (Wildman–Crippen LogP) is 0.699. The van der Waals surface area contributed by atoms with Gasteiger partial charge in [0.2, 0.25) is 0 Å². The van der Waals surface area contributed by atoms with Crippen LogP contribution < -0.4 is 0 Å². The maximum atomic E-state index is 12.3. The zero-order valence-corrected chi connectivity index (χ0v) is 12.5. The lowest BCUT2D eigenvalue weighted by Crippen LogP contribution is -2.33. The normalized spacial score (nSPS) is 35.8. The predicted molar refractivity (Wildman–Crippen MR) is 73.2 cm³/mol.